The third-order valence-electron chi connectivity index (χ3n) is 4.83. The lowest BCUT2D eigenvalue weighted by molar-refractivity contribution is -0.384. The highest BCUT2D eigenvalue weighted by molar-refractivity contribution is 6.02. The largest absolute Gasteiger partial charge is 0.444 e. The summed E-state index contributed by atoms with van der Waals surface area (Å²) in [6.07, 6.45) is -1.12. The molecular weight excluding hydrogens is 418 g/mol. The molecule has 0 aromatic heterocycles. The molecule has 0 spiro atoms. The molecule has 1 aromatic carbocycles. The number of aliphatic hydroxyl groups is 1. The molecule has 2 rings (SSSR count). The Morgan fingerprint density at radius 2 is 1.78 bits per heavy atom. The van der Waals surface area contributed by atoms with Gasteiger partial charge in [0.05, 0.1) is 22.3 Å². The van der Waals surface area contributed by atoms with E-state index in [0.29, 0.717) is 31.9 Å². The summed E-state index contributed by atoms with van der Waals surface area (Å²) in [6.45, 7) is 8.29. The number of aliphatic hydroxyl groups excluding tert-OH is 1. The first-order valence-corrected chi connectivity index (χ1v) is 10.5. The molecule has 1 saturated heterocycles. The van der Waals surface area contributed by atoms with Crippen molar-refractivity contribution in [3.63, 3.8) is 0 Å². The Hall–Kier alpha value is -3.08. The Morgan fingerprint density at radius 3 is 2.25 bits per heavy atom. The minimum absolute atomic E-state index is 0.133. The molecule has 1 heterocycles. The molecule has 11 nitrogen and oxygen atoms in total. The van der Waals surface area contributed by atoms with Crippen LogP contribution in [0.2, 0.25) is 0 Å². The number of nitro groups is 1. The zero-order chi connectivity index (χ0) is 24.2. The Morgan fingerprint density at radius 1 is 1.22 bits per heavy atom. The van der Waals surface area contributed by atoms with E-state index < -0.39 is 22.7 Å². The molecular formula is C21H33N5O6. The predicted molar refractivity (Wildman–Crippen MR) is 121 cm³/mol. The van der Waals surface area contributed by atoms with Gasteiger partial charge in [0.2, 0.25) is 0 Å². The van der Waals surface area contributed by atoms with E-state index in [-0.39, 0.29) is 29.4 Å². The molecule has 0 saturated carbocycles. The quantitative estimate of drug-likeness (QED) is 0.497. The van der Waals surface area contributed by atoms with Crippen molar-refractivity contribution in [2.24, 2.45) is 0 Å². The molecule has 0 aliphatic carbocycles. The summed E-state index contributed by atoms with van der Waals surface area (Å²) in [6, 6.07) is 2.81. The first-order chi connectivity index (χ1) is 14.8. The lowest BCUT2D eigenvalue weighted by Gasteiger charge is -2.36. The standard InChI is InChI=1S/C21H33N5O6/c1-14(27)13-22-16-12-17(23(5)6)15(11-18(16)26(30)31)19(28)24-7-9-25(10-8-24)20(29)32-21(2,3)4/h11-12,14,22,27H,7-10,13H2,1-6H3/t14-/m0/s1. The van der Waals surface area contributed by atoms with E-state index in [2.05, 4.69) is 5.32 Å². The number of nitro benzene ring substituents is 1. The Labute approximate surface area is 188 Å². The van der Waals surface area contributed by atoms with Crippen LogP contribution in [0.25, 0.3) is 0 Å². The highest BCUT2D eigenvalue weighted by Crippen LogP contribution is 2.34. The maximum Gasteiger partial charge on any atom is 0.410 e. The summed E-state index contributed by atoms with van der Waals surface area (Å²) in [5.41, 5.74) is 0.101. The lowest BCUT2D eigenvalue weighted by Crippen LogP contribution is -2.51. The van der Waals surface area contributed by atoms with Crippen LogP contribution in [-0.4, -0.2) is 90.4 Å². The normalized spacial score (nSPS) is 15.2. The lowest BCUT2D eigenvalue weighted by atomic mass is 10.1. The summed E-state index contributed by atoms with van der Waals surface area (Å²) in [4.78, 5) is 41.4. The van der Waals surface area contributed by atoms with E-state index in [4.69, 9.17) is 4.74 Å². The highest BCUT2D eigenvalue weighted by Gasteiger charge is 2.31. The van der Waals surface area contributed by atoms with E-state index >= 15 is 0 Å². The van der Waals surface area contributed by atoms with Crippen LogP contribution in [-0.2, 0) is 4.74 Å². The molecule has 2 N–H and O–H groups in total. The monoisotopic (exact) mass is 451 g/mol. The van der Waals surface area contributed by atoms with Crippen LogP contribution in [0.5, 0.6) is 0 Å². The minimum Gasteiger partial charge on any atom is -0.444 e. The van der Waals surface area contributed by atoms with Gasteiger partial charge in [0.1, 0.15) is 11.3 Å². The molecule has 1 aliphatic heterocycles. The van der Waals surface area contributed by atoms with Gasteiger partial charge in [-0.15, -0.1) is 0 Å². The van der Waals surface area contributed by atoms with Gasteiger partial charge in [0.15, 0.2) is 0 Å². The molecule has 2 amide bonds. The predicted octanol–water partition coefficient (Wildman–Crippen LogP) is 2.15. The summed E-state index contributed by atoms with van der Waals surface area (Å²) < 4.78 is 5.38. The maximum absolute atomic E-state index is 13.3. The molecule has 0 bridgehead atoms. The van der Waals surface area contributed by atoms with Crippen LogP contribution in [0.1, 0.15) is 38.1 Å². The van der Waals surface area contributed by atoms with Crippen LogP contribution >= 0.6 is 0 Å². The number of hydrogen-bond acceptors (Lipinski definition) is 8. The van der Waals surface area contributed by atoms with E-state index in [1.54, 1.807) is 62.6 Å². The van der Waals surface area contributed by atoms with Gasteiger partial charge in [-0.2, -0.15) is 0 Å². The van der Waals surface area contributed by atoms with Crippen molar-refractivity contribution in [2.75, 3.05) is 57.0 Å². The summed E-state index contributed by atoms with van der Waals surface area (Å²) in [5, 5.41) is 24.0. The van der Waals surface area contributed by atoms with E-state index in [1.807, 2.05) is 0 Å². The average molecular weight is 452 g/mol. The van der Waals surface area contributed by atoms with Crippen molar-refractivity contribution in [3.05, 3.63) is 27.8 Å². The zero-order valence-electron chi connectivity index (χ0n) is 19.5. The first kappa shape index (κ1) is 25.2. The fraction of sp³-hybridized carbons (Fsp3) is 0.619. The fourth-order valence-electron chi connectivity index (χ4n) is 3.26. The molecule has 1 fully saturated rings. The number of nitrogens with zero attached hydrogens (tertiary/aromatic N) is 4. The van der Waals surface area contributed by atoms with Crippen LogP contribution in [0.4, 0.5) is 21.9 Å². The van der Waals surface area contributed by atoms with Gasteiger partial charge in [-0.3, -0.25) is 14.9 Å². The second-order valence-corrected chi connectivity index (χ2v) is 9.03. The molecule has 1 atom stereocenters. The molecule has 0 radical (unpaired) electrons. The smallest absolute Gasteiger partial charge is 0.410 e. The number of rotatable bonds is 6. The van der Waals surface area contributed by atoms with Crippen molar-refractivity contribution in [1.82, 2.24) is 9.80 Å². The number of amides is 2. The summed E-state index contributed by atoms with van der Waals surface area (Å²) >= 11 is 0. The number of anilines is 2. The van der Waals surface area contributed by atoms with Crippen molar-refractivity contribution >= 4 is 29.1 Å². The Bertz CT molecular complexity index is 857. The number of carbonyl (C=O) groups excluding carboxylic acids is 2. The fourth-order valence-corrected chi connectivity index (χ4v) is 3.26. The van der Waals surface area contributed by atoms with Crippen molar-refractivity contribution in [1.29, 1.82) is 0 Å². The second kappa shape index (κ2) is 10.0. The van der Waals surface area contributed by atoms with Gasteiger partial charge in [-0.05, 0) is 33.8 Å². The molecule has 0 unspecified atom stereocenters. The molecule has 32 heavy (non-hydrogen) atoms. The van der Waals surface area contributed by atoms with E-state index in [1.165, 1.54) is 6.07 Å². The van der Waals surface area contributed by atoms with Gasteiger partial charge in [-0.25, -0.2) is 4.79 Å². The topological polar surface area (TPSA) is 128 Å². The third-order valence-corrected chi connectivity index (χ3v) is 4.83. The van der Waals surface area contributed by atoms with E-state index in [0.717, 1.165) is 0 Å². The number of nitrogens with one attached hydrogen (secondary N) is 1. The van der Waals surface area contributed by atoms with E-state index in [9.17, 15) is 24.8 Å². The van der Waals surface area contributed by atoms with Crippen molar-refractivity contribution < 1.29 is 24.4 Å². The van der Waals surface area contributed by atoms with Crippen molar-refractivity contribution in [3.8, 4) is 0 Å². The SMILES string of the molecule is C[C@H](O)CNc1cc(N(C)C)c(C(=O)N2CCN(C(=O)OC(C)(C)C)CC2)cc1[N+](=O)[O-]. The number of piperazine rings is 1. The number of benzene rings is 1. The van der Waals surface area contributed by atoms with Gasteiger partial charge < -0.3 is 29.9 Å². The second-order valence-electron chi connectivity index (χ2n) is 9.03. The first-order valence-electron chi connectivity index (χ1n) is 10.5. The van der Waals surface area contributed by atoms with Gasteiger partial charge in [0, 0.05) is 52.9 Å². The highest BCUT2D eigenvalue weighted by atomic mass is 16.6. The summed E-state index contributed by atoms with van der Waals surface area (Å²) in [7, 11) is 3.49. The number of hydrogen-bond donors (Lipinski definition) is 2. The molecule has 178 valence electrons. The number of ether oxygens (including phenoxy) is 1. The minimum atomic E-state index is -0.694. The number of carbonyl (C=O) groups is 2. The van der Waals surface area contributed by atoms with Gasteiger partial charge in [-0.1, -0.05) is 0 Å². The molecule has 1 aliphatic rings. The third kappa shape index (κ3) is 6.46. The Balaban J connectivity index is 2.25. The van der Waals surface area contributed by atoms with Crippen molar-refractivity contribution in [2.45, 2.75) is 39.4 Å². The van der Waals surface area contributed by atoms with Gasteiger partial charge >= 0.3 is 6.09 Å². The zero-order valence-corrected chi connectivity index (χ0v) is 19.5. The van der Waals surface area contributed by atoms with Gasteiger partial charge in [0.25, 0.3) is 11.6 Å². The average Bonchev–Trinajstić information content (AvgIpc) is 2.69. The van der Waals surface area contributed by atoms with Crippen LogP contribution in [0.3, 0.4) is 0 Å². The van der Waals surface area contributed by atoms with Crippen LogP contribution < -0.4 is 10.2 Å². The maximum atomic E-state index is 13.3. The van der Waals surface area contributed by atoms with Crippen LogP contribution in [0.15, 0.2) is 12.1 Å². The summed E-state index contributed by atoms with van der Waals surface area (Å²) in [5.74, 6) is -0.345. The molecule has 11 heteroatoms. The molecule has 1 aromatic rings. The van der Waals surface area contributed by atoms with Crippen LogP contribution in [0, 0.1) is 10.1 Å². The Kier molecular flexibility index (Phi) is 7.89.